The first-order chi connectivity index (χ1) is 9.51. The van der Waals surface area contributed by atoms with Crippen molar-refractivity contribution >= 4 is 11.6 Å². The molecular weight excluding hydrogens is 262 g/mol. The van der Waals surface area contributed by atoms with E-state index in [1.807, 2.05) is 0 Å². The van der Waals surface area contributed by atoms with Gasteiger partial charge in [-0.25, -0.2) is 8.78 Å². The first-order valence-electron chi connectivity index (χ1n) is 6.99. The fraction of sp³-hybridized carbons (Fsp3) is 0.533. The van der Waals surface area contributed by atoms with Gasteiger partial charge in [0, 0.05) is 18.7 Å². The number of hydrogen-bond donors (Lipinski definition) is 2. The smallest absolute Gasteiger partial charge is 0.251 e. The molecule has 0 saturated heterocycles. The predicted octanol–water partition coefficient (Wildman–Crippen LogP) is 3.32. The molecule has 0 aromatic heterocycles. The summed E-state index contributed by atoms with van der Waals surface area (Å²) in [6, 6.07) is 2.24. The number of hydrogen-bond acceptors (Lipinski definition) is 2. The Kier molecular flexibility index (Phi) is 4.57. The highest BCUT2D eigenvalue weighted by Gasteiger charge is 2.21. The molecule has 1 amide bonds. The van der Waals surface area contributed by atoms with E-state index in [9.17, 15) is 13.6 Å². The van der Waals surface area contributed by atoms with E-state index in [2.05, 4.69) is 17.6 Å². The molecule has 1 aliphatic carbocycles. The minimum absolute atomic E-state index is 0.0256. The SMILES string of the molecule is CNc1c(F)cc(C(=O)NC2CCC(C)CC2)cc1F. The van der Waals surface area contributed by atoms with Crippen LogP contribution in [0.5, 0.6) is 0 Å². The van der Waals surface area contributed by atoms with Crippen LogP contribution in [0.1, 0.15) is 43.0 Å². The maximum atomic E-state index is 13.6. The molecule has 2 N–H and O–H groups in total. The largest absolute Gasteiger partial charge is 0.383 e. The zero-order valence-corrected chi connectivity index (χ0v) is 11.8. The summed E-state index contributed by atoms with van der Waals surface area (Å²) in [5.41, 5.74) is -0.189. The molecule has 0 aliphatic heterocycles. The second kappa shape index (κ2) is 6.20. The molecular formula is C15H20F2N2O. The van der Waals surface area contributed by atoms with Gasteiger partial charge in [-0.2, -0.15) is 0 Å². The molecule has 1 aromatic carbocycles. The number of carbonyl (C=O) groups is 1. The van der Waals surface area contributed by atoms with E-state index in [0.29, 0.717) is 5.92 Å². The van der Waals surface area contributed by atoms with E-state index in [-0.39, 0.29) is 17.3 Å². The van der Waals surface area contributed by atoms with Crippen LogP contribution in [0.3, 0.4) is 0 Å². The number of anilines is 1. The van der Waals surface area contributed by atoms with E-state index >= 15 is 0 Å². The molecule has 5 heteroatoms. The summed E-state index contributed by atoms with van der Waals surface area (Å²) in [6.07, 6.45) is 4.00. The molecule has 1 aromatic rings. The van der Waals surface area contributed by atoms with Gasteiger partial charge in [-0.3, -0.25) is 4.79 Å². The van der Waals surface area contributed by atoms with Crippen LogP contribution in [0.2, 0.25) is 0 Å². The number of halogens is 2. The van der Waals surface area contributed by atoms with Crippen LogP contribution < -0.4 is 10.6 Å². The lowest BCUT2D eigenvalue weighted by Gasteiger charge is -2.27. The highest BCUT2D eigenvalue weighted by Crippen LogP contribution is 2.24. The van der Waals surface area contributed by atoms with E-state index in [4.69, 9.17) is 0 Å². The zero-order valence-electron chi connectivity index (χ0n) is 11.8. The second-order valence-electron chi connectivity index (χ2n) is 5.50. The van der Waals surface area contributed by atoms with Crippen LogP contribution in [0.4, 0.5) is 14.5 Å². The fourth-order valence-corrected chi connectivity index (χ4v) is 2.62. The van der Waals surface area contributed by atoms with Gasteiger partial charge in [-0.05, 0) is 43.7 Å². The Labute approximate surface area is 117 Å². The van der Waals surface area contributed by atoms with Gasteiger partial charge in [0.25, 0.3) is 5.91 Å². The molecule has 20 heavy (non-hydrogen) atoms. The van der Waals surface area contributed by atoms with Gasteiger partial charge in [0.15, 0.2) is 0 Å². The third-order valence-corrected chi connectivity index (χ3v) is 3.91. The van der Waals surface area contributed by atoms with Crippen molar-refractivity contribution in [3.05, 3.63) is 29.3 Å². The molecule has 1 fully saturated rings. The lowest BCUT2D eigenvalue weighted by atomic mass is 9.87. The van der Waals surface area contributed by atoms with Crippen molar-refractivity contribution in [2.45, 2.75) is 38.6 Å². The summed E-state index contributed by atoms with van der Waals surface area (Å²) in [4.78, 5) is 12.0. The Balaban J connectivity index is 2.06. The number of nitrogens with one attached hydrogen (secondary N) is 2. The maximum Gasteiger partial charge on any atom is 0.251 e. The normalized spacial score (nSPS) is 22.4. The van der Waals surface area contributed by atoms with Crippen molar-refractivity contribution in [1.82, 2.24) is 5.32 Å². The highest BCUT2D eigenvalue weighted by atomic mass is 19.1. The molecule has 0 spiro atoms. The third kappa shape index (κ3) is 3.26. The van der Waals surface area contributed by atoms with Crippen molar-refractivity contribution in [2.24, 2.45) is 5.92 Å². The number of amides is 1. The van der Waals surface area contributed by atoms with E-state index in [0.717, 1.165) is 37.8 Å². The van der Waals surface area contributed by atoms with Crippen molar-refractivity contribution in [3.63, 3.8) is 0 Å². The quantitative estimate of drug-likeness (QED) is 0.893. The number of benzene rings is 1. The summed E-state index contributed by atoms with van der Waals surface area (Å²) >= 11 is 0. The van der Waals surface area contributed by atoms with Crippen LogP contribution in [0.25, 0.3) is 0 Å². The van der Waals surface area contributed by atoms with Crippen LogP contribution >= 0.6 is 0 Å². The Morgan fingerprint density at radius 3 is 2.20 bits per heavy atom. The molecule has 110 valence electrons. The first kappa shape index (κ1) is 14.8. The summed E-state index contributed by atoms with van der Waals surface area (Å²) < 4.78 is 27.2. The standard InChI is InChI=1S/C15H20F2N2O/c1-9-3-5-11(6-4-9)19-15(20)10-7-12(16)14(18-2)13(17)8-10/h7-9,11,18H,3-6H2,1-2H3,(H,19,20). The Bertz CT molecular complexity index is 474. The molecule has 0 atom stereocenters. The predicted molar refractivity (Wildman–Crippen MR) is 74.8 cm³/mol. The van der Waals surface area contributed by atoms with Gasteiger partial charge >= 0.3 is 0 Å². The van der Waals surface area contributed by atoms with Gasteiger partial charge in [-0.15, -0.1) is 0 Å². The van der Waals surface area contributed by atoms with Crippen LogP contribution in [0, 0.1) is 17.6 Å². The first-order valence-corrected chi connectivity index (χ1v) is 6.99. The van der Waals surface area contributed by atoms with Gasteiger partial charge in [0.1, 0.15) is 17.3 Å². The van der Waals surface area contributed by atoms with Crippen molar-refractivity contribution in [1.29, 1.82) is 0 Å². The molecule has 1 saturated carbocycles. The number of rotatable bonds is 3. The van der Waals surface area contributed by atoms with Crippen molar-refractivity contribution in [2.75, 3.05) is 12.4 Å². The Morgan fingerprint density at radius 1 is 1.15 bits per heavy atom. The van der Waals surface area contributed by atoms with E-state index in [1.54, 1.807) is 0 Å². The highest BCUT2D eigenvalue weighted by molar-refractivity contribution is 5.94. The van der Waals surface area contributed by atoms with Crippen LogP contribution in [-0.4, -0.2) is 19.0 Å². The zero-order chi connectivity index (χ0) is 14.7. The van der Waals surface area contributed by atoms with Crippen molar-refractivity contribution < 1.29 is 13.6 Å². The third-order valence-electron chi connectivity index (χ3n) is 3.91. The summed E-state index contributed by atoms with van der Waals surface area (Å²) in [5, 5.41) is 5.29. The van der Waals surface area contributed by atoms with Gasteiger partial charge in [0.05, 0.1) is 0 Å². The van der Waals surface area contributed by atoms with Gasteiger partial charge < -0.3 is 10.6 Å². The monoisotopic (exact) mass is 282 g/mol. The number of carbonyl (C=O) groups excluding carboxylic acids is 1. The van der Waals surface area contributed by atoms with Crippen LogP contribution in [0.15, 0.2) is 12.1 Å². The average molecular weight is 282 g/mol. The molecule has 0 heterocycles. The van der Waals surface area contributed by atoms with Gasteiger partial charge in [-0.1, -0.05) is 6.92 Å². The van der Waals surface area contributed by atoms with Crippen molar-refractivity contribution in [3.8, 4) is 0 Å². The average Bonchev–Trinajstić information content (AvgIpc) is 2.41. The molecule has 0 unspecified atom stereocenters. The summed E-state index contributed by atoms with van der Waals surface area (Å²) in [5.74, 6) is -1.23. The topological polar surface area (TPSA) is 41.1 Å². The molecule has 1 aliphatic rings. The fourth-order valence-electron chi connectivity index (χ4n) is 2.62. The second-order valence-corrected chi connectivity index (χ2v) is 5.50. The van der Waals surface area contributed by atoms with Gasteiger partial charge in [0.2, 0.25) is 0 Å². The molecule has 0 bridgehead atoms. The van der Waals surface area contributed by atoms with Crippen LogP contribution in [-0.2, 0) is 0 Å². The Hall–Kier alpha value is -1.65. The molecule has 2 rings (SSSR count). The van der Waals surface area contributed by atoms with E-state index < -0.39 is 17.5 Å². The lowest BCUT2D eigenvalue weighted by molar-refractivity contribution is 0.0922. The molecule has 3 nitrogen and oxygen atoms in total. The molecule has 0 radical (unpaired) electrons. The Morgan fingerprint density at radius 2 is 1.70 bits per heavy atom. The lowest BCUT2D eigenvalue weighted by Crippen LogP contribution is -2.37. The maximum absolute atomic E-state index is 13.6. The van der Waals surface area contributed by atoms with E-state index in [1.165, 1.54) is 7.05 Å². The summed E-state index contributed by atoms with van der Waals surface area (Å²) in [6.45, 7) is 2.19. The minimum Gasteiger partial charge on any atom is -0.383 e. The summed E-state index contributed by atoms with van der Waals surface area (Å²) in [7, 11) is 1.43. The minimum atomic E-state index is -0.755.